The Balaban J connectivity index is 2.19. The van der Waals surface area contributed by atoms with Crippen molar-refractivity contribution in [3.63, 3.8) is 0 Å². The molecule has 5 N–H and O–H groups in total. The Hall–Kier alpha value is -1.49. The van der Waals surface area contributed by atoms with Crippen molar-refractivity contribution in [2.24, 2.45) is 0 Å². The van der Waals surface area contributed by atoms with Crippen LogP contribution in [0.15, 0.2) is 18.2 Å². The molecule has 0 saturated carbocycles. The molecule has 9 nitrogen and oxygen atoms in total. The molecule has 1 aliphatic heterocycles. The summed E-state index contributed by atoms with van der Waals surface area (Å²) in [6.07, 6.45) is -6.75. The minimum Gasteiger partial charge on any atom is -0.394 e. The largest absolute Gasteiger partial charge is 0.394 e. The van der Waals surface area contributed by atoms with Crippen molar-refractivity contribution < 1.29 is 30.1 Å². The van der Waals surface area contributed by atoms with E-state index in [2.05, 4.69) is 5.32 Å². The highest BCUT2D eigenvalue weighted by molar-refractivity contribution is 6.32. The Morgan fingerprint density at radius 1 is 1.27 bits per heavy atom. The van der Waals surface area contributed by atoms with Crippen LogP contribution in [0.5, 0.6) is 0 Å². The highest BCUT2D eigenvalue weighted by Gasteiger charge is 2.43. The SMILES string of the molecule is O=[N+]([O-])c1cc(NC2OC(CO)C(O)C(O)C2O)ccc1Cl. The van der Waals surface area contributed by atoms with E-state index in [9.17, 15) is 25.4 Å². The Labute approximate surface area is 129 Å². The molecule has 1 aromatic carbocycles. The summed E-state index contributed by atoms with van der Waals surface area (Å²) >= 11 is 5.69. The molecule has 1 heterocycles. The summed E-state index contributed by atoms with van der Waals surface area (Å²) in [7, 11) is 0. The first-order valence-corrected chi connectivity index (χ1v) is 6.74. The van der Waals surface area contributed by atoms with Gasteiger partial charge in [0.2, 0.25) is 0 Å². The van der Waals surface area contributed by atoms with Crippen molar-refractivity contribution >= 4 is 23.0 Å². The molecule has 22 heavy (non-hydrogen) atoms. The first-order chi connectivity index (χ1) is 10.3. The number of nitrogens with zero attached hydrogens (tertiary/aromatic N) is 1. The summed E-state index contributed by atoms with van der Waals surface area (Å²) in [5.74, 6) is 0. The van der Waals surface area contributed by atoms with Crippen LogP contribution in [0.25, 0.3) is 0 Å². The van der Waals surface area contributed by atoms with Gasteiger partial charge in [0.1, 0.15) is 29.4 Å². The van der Waals surface area contributed by atoms with E-state index >= 15 is 0 Å². The molecular formula is C12H15ClN2O7. The average Bonchev–Trinajstić information content (AvgIpc) is 2.49. The van der Waals surface area contributed by atoms with Crippen molar-refractivity contribution in [3.05, 3.63) is 33.3 Å². The number of aliphatic hydroxyl groups is 4. The van der Waals surface area contributed by atoms with Gasteiger partial charge in [-0.1, -0.05) is 11.6 Å². The van der Waals surface area contributed by atoms with Crippen LogP contribution in [0.1, 0.15) is 0 Å². The molecule has 1 aliphatic rings. The molecule has 5 atom stereocenters. The van der Waals surface area contributed by atoms with Gasteiger partial charge in [0.15, 0.2) is 6.23 Å². The third-order valence-electron chi connectivity index (χ3n) is 3.34. The molecule has 5 unspecified atom stereocenters. The van der Waals surface area contributed by atoms with Crippen LogP contribution < -0.4 is 5.32 Å². The number of benzene rings is 1. The predicted octanol–water partition coefficient (Wildman–Crippen LogP) is -0.540. The number of aliphatic hydroxyl groups excluding tert-OH is 4. The standard InChI is InChI=1S/C12H15ClN2O7/c13-6-2-1-5(3-7(6)15(20)21)14-12-11(19)10(18)9(17)8(4-16)22-12/h1-3,8-12,14,16-19H,4H2. The maximum atomic E-state index is 10.8. The fourth-order valence-electron chi connectivity index (χ4n) is 2.13. The molecule has 1 saturated heterocycles. The van der Waals surface area contributed by atoms with E-state index in [-0.39, 0.29) is 16.4 Å². The van der Waals surface area contributed by atoms with Crippen LogP contribution >= 0.6 is 11.6 Å². The number of halogens is 1. The van der Waals surface area contributed by atoms with Gasteiger partial charge in [-0.05, 0) is 12.1 Å². The highest BCUT2D eigenvalue weighted by atomic mass is 35.5. The normalized spacial score (nSPS) is 31.8. The van der Waals surface area contributed by atoms with E-state index in [1.165, 1.54) is 12.1 Å². The van der Waals surface area contributed by atoms with E-state index in [1.807, 2.05) is 0 Å². The van der Waals surface area contributed by atoms with Crippen LogP contribution in [-0.4, -0.2) is 62.6 Å². The number of nitro groups is 1. The van der Waals surface area contributed by atoms with Gasteiger partial charge in [0.05, 0.1) is 11.5 Å². The number of anilines is 1. The lowest BCUT2D eigenvalue weighted by molar-refractivity contribution is -0.384. The van der Waals surface area contributed by atoms with Crippen LogP contribution in [0, 0.1) is 10.1 Å². The highest BCUT2D eigenvalue weighted by Crippen LogP contribution is 2.29. The van der Waals surface area contributed by atoms with E-state index in [1.54, 1.807) is 0 Å². The van der Waals surface area contributed by atoms with Gasteiger partial charge in [-0.2, -0.15) is 0 Å². The fourth-order valence-corrected chi connectivity index (χ4v) is 2.31. The Bertz CT molecular complexity index is 556. The van der Waals surface area contributed by atoms with Gasteiger partial charge in [0, 0.05) is 11.8 Å². The number of rotatable bonds is 4. The molecule has 0 amide bonds. The maximum Gasteiger partial charge on any atom is 0.289 e. The molecule has 122 valence electrons. The summed E-state index contributed by atoms with van der Waals surface area (Å²) in [4.78, 5) is 10.2. The lowest BCUT2D eigenvalue weighted by atomic mass is 9.98. The molecule has 1 aromatic rings. The molecule has 2 rings (SSSR count). The second-order valence-corrected chi connectivity index (χ2v) is 5.22. The zero-order valence-corrected chi connectivity index (χ0v) is 11.9. The summed E-state index contributed by atoms with van der Waals surface area (Å²) in [5.41, 5.74) is -0.114. The zero-order valence-electron chi connectivity index (χ0n) is 11.2. The molecule has 0 aliphatic carbocycles. The first-order valence-electron chi connectivity index (χ1n) is 6.36. The topological polar surface area (TPSA) is 145 Å². The molecule has 0 radical (unpaired) electrons. The molecule has 10 heteroatoms. The molecular weight excluding hydrogens is 320 g/mol. The summed E-state index contributed by atoms with van der Waals surface area (Å²) in [5, 5.41) is 51.7. The van der Waals surface area contributed by atoms with Crippen molar-refractivity contribution in [1.29, 1.82) is 0 Å². The lowest BCUT2D eigenvalue weighted by Crippen LogP contribution is -2.60. The Morgan fingerprint density at radius 3 is 2.55 bits per heavy atom. The van der Waals surface area contributed by atoms with Crippen LogP contribution in [0.3, 0.4) is 0 Å². The van der Waals surface area contributed by atoms with Crippen LogP contribution in [0.2, 0.25) is 5.02 Å². The van der Waals surface area contributed by atoms with Gasteiger partial charge in [-0.15, -0.1) is 0 Å². The van der Waals surface area contributed by atoms with Crippen LogP contribution in [0.4, 0.5) is 11.4 Å². The fraction of sp³-hybridized carbons (Fsp3) is 0.500. The third kappa shape index (κ3) is 3.29. The molecule has 0 aromatic heterocycles. The van der Waals surface area contributed by atoms with Crippen LogP contribution in [-0.2, 0) is 4.74 Å². The zero-order chi connectivity index (χ0) is 16.4. The summed E-state index contributed by atoms with van der Waals surface area (Å²) in [6, 6.07) is 3.87. The van der Waals surface area contributed by atoms with E-state index in [0.717, 1.165) is 6.07 Å². The molecule has 0 spiro atoms. The number of nitro benzene ring substituents is 1. The van der Waals surface area contributed by atoms with Gasteiger partial charge >= 0.3 is 0 Å². The van der Waals surface area contributed by atoms with Gasteiger partial charge in [0.25, 0.3) is 5.69 Å². The van der Waals surface area contributed by atoms with Crippen molar-refractivity contribution in [2.75, 3.05) is 11.9 Å². The van der Waals surface area contributed by atoms with Gasteiger partial charge in [-0.25, -0.2) is 0 Å². The average molecular weight is 335 g/mol. The minimum atomic E-state index is -1.54. The molecule has 0 bridgehead atoms. The first kappa shape index (κ1) is 16.9. The maximum absolute atomic E-state index is 10.8. The number of hydrogen-bond donors (Lipinski definition) is 5. The van der Waals surface area contributed by atoms with E-state index in [4.69, 9.17) is 21.4 Å². The predicted molar refractivity (Wildman–Crippen MR) is 75.5 cm³/mol. The summed E-state index contributed by atoms with van der Waals surface area (Å²) < 4.78 is 5.24. The summed E-state index contributed by atoms with van der Waals surface area (Å²) in [6.45, 7) is -0.566. The third-order valence-corrected chi connectivity index (χ3v) is 3.66. The monoisotopic (exact) mass is 334 g/mol. The number of nitrogens with one attached hydrogen (secondary N) is 1. The second kappa shape index (κ2) is 6.73. The van der Waals surface area contributed by atoms with E-state index in [0.29, 0.717) is 0 Å². The second-order valence-electron chi connectivity index (χ2n) is 4.82. The van der Waals surface area contributed by atoms with Crippen molar-refractivity contribution in [3.8, 4) is 0 Å². The Morgan fingerprint density at radius 2 is 1.95 bits per heavy atom. The smallest absolute Gasteiger partial charge is 0.289 e. The van der Waals surface area contributed by atoms with Crippen molar-refractivity contribution in [2.45, 2.75) is 30.6 Å². The van der Waals surface area contributed by atoms with Gasteiger partial charge < -0.3 is 30.5 Å². The number of hydrogen-bond acceptors (Lipinski definition) is 8. The van der Waals surface area contributed by atoms with E-state index < -0.39 is 42.2 Å². The number of ether oxygens (including phenoxy) is 1. The quantitative estimate of drug-likeness (QED) is 0.364. The molecule has 1 fully saturated rings. The van der Waals surface area contributed by atoms with Crippen molar-refractivity contribution in [1.82, 2.24) is 0 Å². The lowest BCUT2D eigenvalue weighted by Gasteiger charge is -2.40. The Kier molecular flexibility index (Phi) is 5.16. The van der Waals surface area contributed by atoms with Gasteiger partial charge in [-0.3, -0.25) is 10.1 Å². The minimum absolute atomic E-state index is 0.0515.